The van der Waals surface area contributed by atoms with Crippen molar-refractivity contribution in [3.05, 3.63) is 40.7 Å². The molecule has 1 aromatic carbocycles. The Morgan fingerprint density at radius 2 is 2.15 bits per heavy atom. The first-order valence-electron chi connectivity index (χ1n) is 6.99. The summed E-state index contributed by atoms with van der Waals surface area (Å²) in [7, 11) is 0. The number of rotatable bonds is 4. The Balaban J connectivity index is 1.71. The minimum Gasteiger partial charge on any atom is -0.391 e. The lowest BCUT2D eigenvalue weighted by Gasteiger charge is -2.28. The SMILES string of the molecule is CC1(C(O)Cc2nc(-c3ccccc3)cs2)CCCS1. The fraction of sp³-hybridized carbons (Fsp3) is 0.438. The molecule has 1 N–H and O–H groups in total. The van der Waals surface area contributed by atoms with Crippen LogP contribution in [-0.4, -0.2) is 26.7 Å². The topological polar surface area (TPSA) is 33.1 Å². The number of aliphatic hydroxyl groups is 1. The van der Waals surface area contributed by atoms with Crippen LogP contribution in [0.15, 0.2) is 35.7 Å². The standard InChI is InChI=1S/C16H19NOS2/c1-16(8-5-9-20-16)14(18)10-15-17-13(11-19-15)12-6-3-2-4-7-12/h2-4,6-7,11,14,18H,5,8-10H2,1H3. The largest absolute Gasteiger partial charge is 0.391 e. The summed E-state index contributed by atoms with van der Waals surface area (Å²) in [5.41, 5.74) is 2.16. The lowest BCUT2D eigenvalue weighted by Crippen LogP contribution is -2.35. The van der Waals surface area contributed by atoms with Gasteiger partial charge in [-0.1, -0.05) is 30.3 Å². The Kier molecular flexibility index (Phi) is 4.15. The van der Waals surface area contributed by atoms with Crippen LogP contribution < -0.4 is 0 Å². The number of aliphatic hydroxyl groups excluding tert-OH is 1. The zero-order valence-electron chi connectivity index (χ0n) is 11.6. The number of hydrogen-bond acceptors (Lipinski definition) is 4. The third-order valence-corrected chi connectivity index (χ3v) is 6.44. The quantitative estimate of drug-likeness (QED) is 0.927. The van der Waals surface area contributed by atoms with Gasteiger partial charge in [-0.25, -0.2) is 4.98 Å². The van der Waals surface area contributed by atoms with Gasteiger partial charge in [-0.15, -0.1) is 11.3 Å². The zero-order chi connectivity index (χ0) is 14.0. The van der Waals surface area contributed by atoms with Gasteiger partial charge in [-0.3, -0.25) is 0 Å². The summed E-state index contributed by atoms with van der Waals surface area (Å²) in [6.07, 6.45) is 2.69. The van der Waals surface area contributed by atoms with E-state index in [9.17, 15) is 5.11 Å². The van der Waals surface area contributed by atoms with Crippen molar-refractivity contribution in [1.82, 2.24) is 4.98 Å². The van der Waals surface area contributed by atoms with Crippen LogP contribution in [-0.2, 0) is 6.42 Å². The van der Waals surface area contributed by atoms with Crippen LogP contribution in [0.5, 0.6) is 0 Å². The van der Waals surface area contributed by atoms with Crippen molar-refractivity contribution in [2.75, 3.05) is 5.75 Å². The molecule has 1 aliphatic rings. The maximum Gasteiger partial charge on any atom is 0.0958 e. The second-order valence-corrected chi connectivity index (χ2v) is 8.05. The molecule has 1 fully saturated rings. The number of thioether (sulfide) groups is 1. The molecule has 0 aliphatic carbocycles. The van der Waals surface area contributed by atoms with Crippen LogP contribution in [0, 0.1) is 0 Å². The smallest absolute Gasteiger partial charge is 0.0958 e. The molecule has 1 aromatic heterocycles. The monoisotopic (exact) mass is 305 g/mol. The first-order chi connectivity index (χ1) is 9.67. The van der Waals surface area contributed by atoms with Gasteiger partial charge in [-0.2, -0.15) is 11.8 Å². The van der Waals surface area contributed by atoms with Crippen molar-refractivity contribution in [3.8, 4) is 11.3 Å². The molecule has 3 rings (SSSR count). The molecule has 0 spiro atoms. The van der Waals surface area contributed by atoms with Crippen molar-refractivity contribution in [2.24, 2.45) is 0 Å². The Labute approximate surface area is 128 Å². The average molecular weight is 305 g/mol. The summed E-state index contributed by atoms with van der Waals surface area (Å²) in [4.78, 5) is 4.67. The van der Waals surface area contributed by atoms with Gasteiger partial charge in [0.05, 0.1) is 16.8 Å². The van der Waals surface area contributed by atoms with Gasteiger partial charge in [0.25, 0.3) is 0 Å². The molecular weight excluding hydrogens is 286 g/mol. The van der Waals surface area contributed by atoms with Gasteiger partial charge >= 0.3 is 0 Å². The van der Waals surface area contributed by atoms with E-state index in [1.807, 2.05) is 30.0 Å². The number of thiazole rings is 1. The second-order valence-electron chi connectivity index (χ2n) is 5.48. The highest BCUT2D eigenvalue weighted by Crippen LogP contribution is 2.41. The van der Waals surface area contributed by atoms with Crippen LogP contribution in [0.4, 0.5) is 0 Å². The molecule has 2 atom stereocenters. The van der Waals surface area contributed by atoms with Crippen molar-refractivity contribution in [1.29, 1.82) is 0 Å². The highest BCUT2D eigenvalue weighted by Gasteiger charge is 2.37. The summed E-state index contributed by atoms with van der Waals surface area (Å²) < 4.78 is 0.0125. The molecule has 2 nitrogen and oxygen atoms in total. The molecule has 4 heteroatoms. The van der Waals surface area contributed by atoms with Crippen molar-refractivity contribution in [2.45, 2.75) is 37.0 Å². The van der Waals surface area contributed by atoms with Crippen LogP contribution in [0.2, 0.25) is 0 Å². The van der Waals surface area contributed by atoms with Gasteiger partial charge < -0.3 is 5.11 Å². The highest BCUT2D eigenvalue weighted by molar-refractivity contribution is 8.00. The molecule has 106 valence electrons. The Morgan fingerprint density at radius 3 is 2.85 bits per heavy atom. The summed E-state index contributed by atoms with van der Waals surface area (Å²) >= 11 is 3.55. The molecule has 1 saturated heterocycles. The van der Waals surface area contributed by atoms with Crippen LogP contribution in [0.3, 0.4) is 0 Å². The van der Waals surface area contributed by atoms with Crippen molar-refractivity contribution < 1.29 is 5.11 Å². The predicted molar refractivity (Wildman–Crippen MR) is 87.4 cm³/mol. The summed E-state index contributed by atoms with van der Waals surface area (Å²) in [5.74, 6) is 1.17. The third kappa shape index (κ3) is 2.92. The first kappa shape index (κ1) is 14.1. The van der Waals surface area contributed by atoms with E-state index in [2.05, 4.69) is 29.4 Å². The second kappa shape index (κ2) is 5.88. The maximum absolute atomic E-state index is 10.5. The molecule has 2 unspecified atom stereocenters. The molecule has 1 aliphatic heterocycles. The minimum absolute atomic E-state index is 0.0125. The Bertz CT molecular complexity index is 561. The number of nitrogens with zero attached hydrogens (tertiary/aromatic N) is 1. The van der Waals surface area contributed by atoms with E-state index in [4.69, 9.17) is 0 Å². The van der Waals surface area contributed by atoms with Gasteiger partial charge in [0.15, 0.2) is 0 Å². The van der Waals surface area contributed by atoms with E-state index in [1.54, 1.807) is 11.3 Å². The Hall–Kier alpha value is -0.840. The highest BCUT2D eigenvalue weighted by atomic mass is 32.2. The average Bonchev–Trinajstić information content (AvgIpc) is 3.10. The summed E-state index contributed by atoms with van der Waals surface area (Å²) in [5, 5.41) is 13.6. The molecule has 20 heavy (non-hydrogen) atoms. The van der Waals surface area contributed by atoms with E-state index < -0.39 is 0 Å². The number of aromatic nitrogens is 1. The van der Waals surface area contributed by atoms with Gasteiger partial charge in [0.1, 0.15) is 0 Å². The van der Waals surface area contributed by atoms with E-state index in [-0.39, 0.29) is 10.9 Å². The van der Waals surface area contributed by atoms with Crippen LogP contribution in [0.1, 0.15) is 24.8 Å². The van der Waals surface area contributed by atoms with E-state index in [0.717, 1.165) is 22.7 Å². The molecule has 0 saturated carbocycles. The predicted octanol–water partition coefficient (Wildman–Crippen LogP) is 4.00. The normalized spacial score (nSPS) is 23.9. The molecular formula is C16H19NOS2. The summed E-state index contributed by atoms with van der Waals surface area (Å²) in [6.45, 7) is 2.18. The van der Waals surface area contributed by atoms with E-state index in [0.29, 0.717) is 6.42 Å². The zero-order valence-corrected chi connectivity index (χ0v) is 13.2. The summed E-state index contributed by atoms with van der Waals surface area (Å²) in [6, 6.07) is 10.2. The van der Waals surface area contributed by atoms with Gasteiger partial charge in [-0.05, 0) is 25.5 Å². The molecule has 2 heterocycles. The van der Waals surface area contributed by atoms with E-state index in [1.165, 1.54) is 12.2 Å². The van der Waals surface area contributed by atoms with Crippen LogP contribution >= 0.6 is 23.1 Å². The molecule has 0 radical (unpaired) electrons. The van der Waals surface area contributed by atoms with Crippen LogP contribution in [0.25, 0.3) is 11.3 Å². The van der Waals surface area contributed by atoms with E-state index >= 15 is 0 Å². The molecule has 2 aromatic rings. The fourth-order valence-corrected chi connectivity index (χ4v) is 4.75. The van der Waals surface area contributed by atoms with Gasteiger partial charge in [0, 0.05) is 22.1 Å². The van der Waals surface area contributed by atoms with Crippen molar-refractivity contribution in [3.63, 3.8) is 0 Å². The first-order valence-corrected chi connectivity index (χ1v) is 8.86. The minimum atomic E-state index is -0.301. The lowest BCUT2D eigenvalue weighted by atomic mass is 9.96. The molecule has 0 bridgehead atoms. The molecule has 0 amide bonds. The Morgan fingerprint density at radius 1 is 1.35 bits per heavy atom. The fourth-order valence-electron chi connectivity index (χ4n) is 2.59. The van der Waals surface area contributed by atoms with Crippen molar-refractivity contribution >= 4 is 23.1 Å². The third-order valence-electron chi connectivity index (χ3n) is 3.94. The number of benzene rings is 1. The maximum atomic E-state index is 10.5. The van der Waals surface area contributed by atoms with Gasteiger partial charge in [0.2, 0.25) is 0 Å². The number of hydrogen-bond donors (Lipinski definition) is 1. The lowest BCUT2D eigenvalue weighted by molar-refractivity contribution is 0.133.